The smallest absolute Gasteiger partial charge is 0.118 e. The summed E-state index contributed by atoms with van der Waals surface area (Å²) in [5.74, 6) is 2.26. The molecular weight excluding hydrogens is 160 g/mol. The quantitative estimate of drug-likeness (QED) is 0.692. The predicted molar refractivity (Wildman–Crippen MR) is 54.9 cm³/mol. The second-order valence-corrected chi connectivity index (χ2v) is 2.86. The minimum atomic E-state index is -0.729. The minimum absolute atomic E-state index is 0.431. The molecule has 0 saturated heterocycles. The first-order chi connectivity index (χ1) is 6.24. The van der Waals surface area contributed by atoms with Crippen LogP contribution < -0.4 is 0 Å². The first kappa shape index (κ1) is 9.57. The van der Waals surface area contributed by atoms with Crippen LogP contribution in [0.5, 0.6) is 0 Å². The molecule has 0 aliphatic heterocycles. The van der Waals surface area contributed by atoms with E-state index in [0.29, 0.717) is 6.42 Å². The van der Waals surface area contributed by atoms with Crippen LogP contribution in [0.1, 0.15) is 12.0 Å². The van der Waals surface area contributed by atoms with Gasteiger partial charge in [0.25, 0.3) is 0 Å². The van der Waals surface area contributed by atoms with Crippen molar-refractivity contribution in [3.8, 4) is 12.3 Å². The molecule has 66 valence electrons. The average molecular weight is 172 g/mol. The fourth-order valence-corrected chi connectivity index (χ4v) is 1.08. The molecule has 0 spiro atoms. The lowest BCUT2D eigenvalue weighted by atomic mass is 10.0. The third-order valence-electron chi connectivity index (χ3n) is 1.81. The summed E-state index contributed by atoms with van der Waals surface area (Å²) in [5.41, 5.74) is 1.89. The van der Waals surface area contributed by atoms with Crippen molar-refractivity contribution in [3.05, 3.63) is 42.5 Å². The first-order valence-electron chi connectivity index (χ1n) is 4.11. The Bertz CT molecular complexity index is 319. The second kappa shape index (κ2) is 4.49. The van der Waals surface area contributed by atoms with Crippen LogP contribution in [0.25, 0.3) is 5.57 Å². The zero-order chi connectivity index (χ0) is 9.68. The molecule has 0 amide bonds. The molecule has 0 heterocycles. The van der Waals surface area contributed by atoms with Gasteiger partial charge in [0.2, 0.25) is 0 Å². The average Bonchev–Trinajstić information content (AvgIpc) is 2.19. The summed E-state index contributed by atoms with van der Waals surface area (Å²) in [6.07, 6.45) is 4.76. The van der Waals surface area contributed by atoms with Crippen LogP contribution in [0, 0.1) is 12.3 Å². The van der Waals surface area contributed by atoms with Crippen LogP contribution in [0.4, 0.5) is 0 Å². The summed E-state index contributed by atoms with van der Waals surface area (Å²) in [6, 6.07) is 9.71. The van der Waals surface area contributed by atoms with Crippen molar-refractivity contribution in [1.82, 2.24) is 0 Å². The van der Waals surface area contributed by atoms with Gasteiger partial charge >= 0.3 is 0 Å². The van der Waals surface area contributed by atoms with Crippen LogP contribution in [0.15, 0.2) is 36.9 Å². The maximum Gasteiger partial charge on any atom is 0.118 e. The maximum absolute atomic E-state index is 9.19. The lowest BCUT2D eigenvalue weighted by molar-refractivity contribution is 0.239. The van der Waals surface area contributed by atoms with Crippen molar-refractivity contribution < 1.29 is 5.11 Å². The molecule has 0 aromatic heterocycles. The Kier molecular flexibility index (Phi) is 3.31. The lowest BCUT2D eigenvalue weighted by Crippen LogP contribution is -2.02. The molecule has 1 aromatic carbocycles. The molecule has 0 aliphatic rings. The number of terminal acetylenes is 1. The summed E-state index contributed by atoms with van der Waals surface area (Å²) in [7, 11) is 0. The zero-order valence-electron chi connectivity index (χ0n) is 7.40. The Morgan fingerprint density at radius 2 is 2.08 bits per heavy atom. The molecule has 1 N–H and O–H groups in total. The van der Waals surface area contributed by atoms with Crippen LogP contribution in [0.2, 0.25) is 0 Å². The number of benzene rings is 1. The van der Waals surface area contributed by atoms with E-state index in [4.69, 9.17) is 6.42 Å². The SMILES string of the molecule is C#CC(O)CC(=C)c1ccccc1. The van der Waals surface area contributed by atoms with Crippen LogP contribution in [0.3, 0.4) is 0 Å². The van der Waals surface area contributed by atoms with Crippen molar-refractivity contribution in [2.24, 2.45) is 0 Å². The Morgan fingerprint density at radius 3 is 2.62 bits per heavy atom. The maximum atomic E-state index is 9.19. The van der Waals surface area contributed by atoms with Gasteiger partial charge in [-0.15, -0.1) is 6.42 Å². The Labute approximate surface area is 78.7 Å². The Morgan fingerprint density at radius 1 is 1.46 bits per heavy atom. The van der Waals surface area contributed by atoms with Gasteiger partial charge in [-0.05, 0) is 11.1 Å². The van der Waals surface area contributed by atoms with E-state index in [1.54, 1.807) is 0 Å². The number of hydrogen-bond acceptors (Lipinski definition) is 1. The molecule has 0 radical (unpaired) electrons. The molecule has 0 fully saturated rings. The van der Waals surface area contributed by atoms with Gasteiger partial charge in [-0.25, -0.2) is 0 Å². The summed E-state index contributed by atoms with van der Waals surface area (Å²) in [4.78, 5) is 0. The molecule has 0 saturated carbocycles. The molecule has 0 aliphatic carbocycles. The molecule has 1 unspecified atom stereocenters. The van der Waals surface area contributed by atoms with E-state index in [0.717, 1.165) is 11.1 Å². The van der Waals surface area contributed by atoms with Gasteiger partial charge in [0.15, 0.2) is 0 Å². The summed E-state index contributed by atoms with van der Waals surface area (Å²) in [6.45, 7) is 3.86. The van der Waals surface area contributed by atoms with E-state index >= 15 is 0 Å². The molecule has 1 rings (SSSR count). The number of aliphatic hydroxyl groups is 1. The van der Waals surface area contributed by atoms with E-state index < -0.39 is 6.10 Å². The van der Waals surface area contributed by atoms with E-state index in [9.17, 15) is 5.11 Å². The van der Waals surface area contributed by atoms with Crippen molar-refractivity contribution in [3.63, 3.8) is 0 Å². The van der Waals surface area contributed by atoms with Crippen molar-refractivity contribution in [1.29, 1.82) is 0 Å². The van der Waals surface area contributed by atoms with Gasteiger partial charge in [-0.1, -0.05) is 42.8 Å². The van der Waals surface area contributed by atoms with Gasteiger partial charge in [0.1, 0.15) is 6.10 Å². The summed E-state index contributed by atoms with van der Waals surface area (Å²) in [5, 5.41) is 9.19. The molecule has 1 nitrogen and oxygen atoms in total. The Hall–Kier alpha value is -1.52. The van der Waals surface area contributed by atoms with Crippen molar-refractivity contribution >= 4 is 5.57 Å². The van der Waals surface area contributed by atoms with Crippen molar-refractivity contribution in [2.45, 2.75) is 12.5 Å². The number of hydrogen-bond donors (Lipinski definition) is 1. The lowest BCUT2D eigenvalue weighted by Gasteiger charge is -2.06. The third kappa shape index (κ3) is 2.77. The first-order valence-corrected chi connectivity index (χ1v) is 4.11. The largest absolute Gasteiger partial charge is 0.380 e. The van der Waals surface area contributed by atoms with Crippen molar-refractivity contribution in [2.75, 3.05) is 0 Å². The second-order valence-electron chi connectivity index (χ2n) is 2.86. The Balaban J connectivity index is 2.66. The van der Waals surface area contributed by atoms with E-state index in [-0.39, 0.29) is 0 Å². The van der Waals surface area contributed by atoms with Gasteiger partial charge < -0.3 is 5.11 Å². The normalized spacial score (nSPS) is 11.7. The van der Waals surface area contributed by atoms with Crippen LogP contribution >= 0.6 is 0 Å². The van der Waals surface area contributed by atoms with Crippen LogP contribution in [-0.2, 0) is 0 Å². The summed E-state index contributed by atoms with van der Waals surface area (Å²) >= 11 is 0. The highest BCUT2D eigenvalue weighted by Crippen LogP contribution is 2.16. The van der Waals surface area contributed by atoms with E-state index in [2.05, 4.69) is 12.5 Å². The van der Waals surface area contributed by atoms with Gasteiger partial charge in [0.05, 0.1) is 0 Å². The molecular formula is C12H12O. The highest BCUT2D eigenvalue weighted by atomic mass is 16.3. The molecule has 0 bridgehead atoms. The third-order valence-corrected chi connectivity index (χ3v) is 1.81. The molecule has 1 aromatic rings. The van der Waals surface area contributed by atoms with Gasteiger partial charge in [0, 0.05) is 6.42 Å². The zero-order valence-corrected chi connectivity index (χ0v) is 7.40. The monoisotopic (exact) mass is 172 g/mol. The number of rotatable bonds is 3. The van der Waals surface area contributed by atoms with E-state index in [1.807, 2.05) is 30.3 Å². The highest BCUT2D eigenvalue weighted by Gasteiger charge is 2.03. The molecule has 13 heavy (non-hydrogen) atoms. The topological polar surface area (TPSA) is 20.2 Å². The highest BCUT2D eigenvalue weighted by molar-refractivity contribution is 5.63. The molecule has 1 atom stereocenters. The summed E-state index contributed by atoms with van der Waals surface area (Å²) < 4.78 is 0. The number of aliphatic hydroxyl groups excluding tert-OH is 1. The fraction of sp³-hybridized carbons (Fsp3) is 0.167. The van der Waals surface area contributed by atoms with Crippen LogP contribution in [-0.4, -0.2) is 11.2 Å². The predicted octanol–water partition coefficient (Wildman–Crippen LogP) is 2.08. The van der Waals surface area contributed by atoms with Gasteiger partial charge in [-0.3, -0.25) is 0 Å². The van der Waals surface area contributed by atoms with E-state index in [1.165, 1.54) is 0 Å². The fourth-order valence-electron chi connectivity index (χ4n) is 1.08. The van der Waals surface area contributed by atoms with Gasteiger partial charge in [-0.2, -0.15) is 0 Å². The standard InChI is InChI=1S/C12H12O/c1-3-12(13)9-10(2)11-7-5-4-6-8-11/h1,4-8,12-13H,2,9H2. The molecule has 1 heteroatoms. The minimum Gasteiger partial charge on any atom is -0.380 e.